The minimum Gasteiger partial charge on any atom is -0.465 e. The second-order valence-electron chi connectivity index (χ2n) is 4.67. The first-order valence-electron chi connectivity index (χ1n) is 6.36. The van der Waals surface area contributed by atoms with E-state index in [-0.39, 0.29) is 6.54 Å². The number of aromatic nitrogens is 5. The Bertz CT molecular complexity index is 826. The molecule has 3 heterocycles. The molecular weight excluding hydrogens is 306 g/mol. The topological polar surface area (TPSA) is 109 Å². The van der Waals surface area contributed by atoms with Gasteiger partial charge in [-0.2, -0.15) is 9.61 Å². The average molecular weight is 319 g/mol. The Morgan fingerprint density at radius 3 is 2.91 bits per heavy atom. The predicted octanol–water partition coefficient (Wildman–Crippen LogP) is 1.08. The summed E-state index contributed by atoms with van der Waals surface area (Å²) in [5.41, 5.74) is 1.29. The number of amides is 1. The lowest BCUT2D eigenvalue weighted by atomic mass is 10.3. The van der Waals surface area contributed by atoms with Crippen molar-refractivity contribution in [1.29, 1.82) is 0 Å². The summed E-state index contributed by atoms with van der Waals surface area (Å²) in [4.78, 5) is 17.7. The largest absolute Gasteiger partial charge is 0.465 e. The fourth-order valence-electron chi connectivity index (χ4n) is 1.82. The number of fused-ring (bicyclic) bond motifs is 1. The van der Waals surface area contributed by atoms with E-state index in [9.17, 15) is 4.79 Å². The molecule has 0 saturated carbocycles. The van der Waals surface area contributed by atoms with E-state index in [4.69, 9.17) is 5.11 Å². The van der Waals surface area contributed by atoms with E-state index in [0.717, 1.165) is 15.7 Å². The third-order valence-corrected chi connectivity index (χ3v) is 4.04. The van der Waals surface area contributed by atoms with Crippen LogP contribution in [0.5, 0.6) is 0 Å². The van der Waals surface area contributed by atoms with Crippen molar-refractivity contribution in [2.24, 2.45) is 0 Å². The summed E-state index contributed by atoms with van der Waals surface area (Å²) in [6.45, 7) is 0.0403. The van der Waals surface area contributed by atoms with Crippen LogP contribution in [0.4, 0.5) is 9.93 Å². The van der Waals surface area contributed by atoms with Crippen LogP contribution in [0, 0.1) is 0 Å². The maximum Gasteiger partial charge on any atom is 0.405 e. The summed E-state index contributed by atoms with van der Waals surface area (Å²) < 4.78 is 1.53. The molecule has 114 valence electrons. The van der Waals surface area contributed by atoms with Crippen molar-refractivity contribution < 1.29 is 9.90 Å². The first kappa shape index (κ1) is 14.2. The molecule has 0 bridgehead atoms. The molecule has 0 aliphatic rings. The van der Waals surface area contributed by atoms with Gasteiger partial charge in [0.15, 0.2) is 16.6 Å². The van der Waals surface area contributed by atoms with Crippen LogP contribution in [-0.4, -0.2) is 50.1 Å². The van der Waals surface area contributed by atoms with Crippen LogP contribution in [0.1, 0.15) is 5.82 Å². The van der Waals surface area contributed by atoms with Crippen molar-refractivity contribution >= 4 is 28.2 Å². The summed E-state index contributed by atoms with van der Waals surface area (Å²) in [7, 11) is 3.85. The summed E-state index contributed by atoms with van der Waals surface area (Å²) >= 11 is 1.52. The number of carboxylic acid groups (broad SMARTS) is 1. The molecule has 0 unspecified atom stereocenters. The molecular formula is C12H13N7O2S. The lowest BCUT2D eigenvalue weighted by Gasteiger charge is -2.05. The van der Waals surface area contributed by atoms with Crippen LogP contribution in [0.25, 0.3) is 16.2 Å². The number of thiazole rings is 1. The van der Waals surface area contributed by atoms with Crippen molar-refractivity contribution in [1.82, 2.24) is 30.1 Å². The molecule has 2 N–H and O–H groups in total. The maximum atomic E-state index is 10.6. The lowest BCUT2D eigenvalue weighted by Crippen LogP contribution is -2.21. The molecule has 1 amide bonds. The van der Waals surface area contributed by atoms with E-state index in [0.29, 0.717) is 11.5 Å². The number of rotatable bonds is 4. The van der Waals surface area contributed by atoms with Crippen LogP contribution in [0.2, 0.25) is 0 Å². The Hall–Kier alpha value is -2.75. The first-order valence-corrected chi connectivity index (χ1v) is 7.18. The average Bonchev–Trinajstić information content (AvgIpc) is 3.11. The summed E-state index contributed by atoms with van der Waals surface area (Å²) in [6.07, 6.45) is 0.638. The highest BCUT2D eigenvalue weighted by molar-refractivity contribution is 7.18. The van der Waals surface area contributed by atoms with Gasteiger partial charge < -0.3 is 15.3 Å². The van der Waals surface area contributed by atoms with Gasteiger partial charge in [0.2, 0.25) is 0 Å². The fourth-order valence-corrected chi connectivity index (χ4v) is 2.62. The fraction of sp³-hybridized carbons (Fsp3) is 0.250. The molecule has 0 aliphatic heterocycles. The van der Waals surface area contributed by atoms with Gasteiger partial charge in [-0.25, -0.2) is 9.78 Å². The molecule has 0 spiro atoms. The highest BCUT2D eigenvalue weighted by Crippen LogP contribution is 2.28. The van der Waals surface area contributed by atoms with Crippen LogP contribution >= 0.6 is 11.3 Å². The molecule has 9 nitrogen and oxygen atoms in total. The standard InChI is InChI=1S/C12H13N7O2S/c1-18(2)11-13-5-8(22-11)7-3-4-9-15-16-10(19(9)17-7)6-14-12(20)21/h3-5,14H,6H2,1-2H3,(H,20,21). The smallest absolute Gasteiger partial charge is 0.405 e. The molecule has 0 aliphatic carbocycles. The van der Waals surface area contributed by atoms with Gasteiger partial charge in [-0.3, -0.25) is 0 Å². The number of carbonyl (C=O) groups is 1. The van der Waals surface area contributed by atoms with Gasteiger partial charge in [-0.05, 0) is 12.1 Å². The van der Waals surface area contributed by atoms with E-state index in [1.807, 2.05) is 25.1 Å². The van der Waals surface area contributed by atoms with E-state index in [2.05, 4.69) is 25.6 Å². The third-order valence-electron chi connectivity index (χ3n) is 2.85. The molecule has 10 heteroatoms. The van der Waals surface area contributed by atoms with Gasteiger partial charge >= 0.3 is 6.09 Å². The van der Waals surface area contributed by atoms with Crippen molar-refractivity contribution in [2.45, 2.75) is 6.54 Å². The molecule has 3 aromatic rings. The van der Waals surface area contributed by atoms with Crippen molar-refractivity contribution in [3.8, 4) is 10.6 Å². The molecule has 0 aromatic carbocycles. The third kappa shape index (κ3) is 2.68. The van der Waals surface area contributed by atoms with Gasteiger partial charge in [0.25, 0.3) is 0 Å². The van der Waals surface area contributed by atoms with Gasteiger partial charge in [0.1, 0.15) is 5.69 Å². The zero-order valence-corrected chi connectivity index (χ0v) is 12.7. The Morgan fingerprint density at radius 1 is 1.41 bits per heavy atom. The molecule has 22 heavy (non-hydrogen) atoms. The van der Waals surface area contributed by atoms with E-state index < -0.39 is 6.09 Å². The molecule has 0 atom stereocenters. The Kier molecular flexibility index (Phi) is 3.59. The highest BCUT2D eigenvalue weighted by atomic mass is 32.1. The lowest BCUT2D eigenvalue weighted by molar-refractivity contribution is 0.193. The molecule has 0 fully saturated rings. The Labute approximate surface area is 129 Å². The SMILES string of the molecule is CN(C)c1ncc(-c2ccc3nnc(CNC(=O)O)n3n2)s1. The number of nitrogens with one attached hydrogen (secondary N) is 1. The summed E-state index contributed by atoms with van der Waals surface area (Å²) in [5, 5.41) is 24.2. The summed E-state index contributed by atoms with van der Waals surface area (Å²) in [5.74, 6) is 0.427. The number of hydrogen-bond acceptors (Lipinski definition) is 7. The number of hydrogen-bond donors (Lipinski definition) is 2. The second kappa shape index (κ2) is 5.56. The van der Waals surface area contributed by atoms with Gasteiger partial charge in [-0.15, -0.1) is 10.2 Å². The Balaban J connectivity index is 1.96. The molecule has 3 aromatic heterocycles. The normalized spacial score (nSPS) is 10.8. The zero-order chi connectivity index (χ0) is 15.7. The highest BCUT2D eigenvalue weighted by Gasteiger charge is 2.12. The Morgan fingerprint density at radius 2 is 2.23 bits per heavy atom. The second-order valence-corrected chi connectivity index (χ2v) is 5.67. The summed E-state index contributed by atoms with van der Waals surface area (Å²) in [6, 6.07) is 3.63. The number of nitrogens with zero attached hydrogens (tertiary/aromatic N) is 6. The van der Waals surface area contributed by atoms with Crippen molar-refractivity contribution in [3.05, 3.63) is 24.2 Å². The van der Waals surface area contributed by atoms with Crippen LogP contribution < -0.4 is 10.2 Å². The molecule has 0 radical (unpaired) electrons. The monoisotopic (exact) mass is 319 g/mol. The van der Waals surface area contributed by atoms with Crippen LogP contribution in [-0.2, 0) is 6.54 Å². The number of anilines is 1. The van der Waals surface area contributed by atoms with E-state index >= 15 is 0 Å². The van der Waals surface area contributed by atoms with E-state index in [1.165, 1.54) is 15.9 Å². The van der Waals surface area contributed by atoms with Crippen molar-refractivity contribution in [3.63, 3.8) is 0 Å². The zero-order valence-electron chi connectivity index (χ0n) is 11.9. The van der Waals surface area contributed by atoms with Gasteiger partial charge in [0.05, 0.1) is 11.4 Å². The minimum absolute atomic E-state index is 0.0403. The first-order chi connectivity index (χ1) is 10.5. The molecule has 0 saturated heterocycles. The minimum atomic E-state index is -1.12. The van der Waals surface area contributed by atoms with Gasteiger partial charge in [0, 0.05) is 20.3 Å². The van der Waals surface area contributed by atoms with Crippen LogP contribution in [0.3, 0.4) is 0 Å². The van der Waals surface area contributed by atoms with Crippen LogP contribution in [0.15, 0.2) is 18.3 Å². The maximum absolute atomic E-state index is 10.6. The van der Waals surface area contributed by atoms with E-state index in [1.54, 1.807) is 12.3 Å². The van der Waals surface area contributed by atoms with Gasteiger partial charge in [-0.1, -0.05) is 11.3 Å². The molecule has 3 rings (SSSR count). The van der Waals surface area contributed by atoms with Crippen molar-refractivity contribution in [2.75, 3.05) is 19.0 Å². The predicted molar refractivity (Wildman–Crippen MR) is 81.1 cm³/mol. The quantitative estimate of drug-likeness (QED) is 0.740.